The molecular weight excluding hydrogens is 466 g/mol. The summed E-state index contributed by atoms with van der Waals surface area (Å²) in [7, 11) is 2.62. The van der Waals surface area contributed by atoms with Crippen LogP contribution < -0.4 is 10.8 Å². The van der Waals surface area contributed by atoms with Crippen LogP contribution in [-0.2, 0) is 14.3 Å². The van der Waals surface area contributed by atoms with Crippen molar-refractivity contribution in [1.29, 1.82) is 0 Å². The van der Waals surface area contributed by atoms with Crippen LogP contribution in [0.15, 0.2) is 48.5 Å². The Kier molecular flexibility index (Phi) is 10.6. The molecule has 2 atom stereocenters. The summed E-state index contributed by atoms with van der Waals surface area (Å²) in [4.78, 5) is 38.3. The van der Waals surface area contributed by atoms with Gasteiger partial charge in [-0.2, -0.15) is 0 Å². The quantitative estimate of drug-likeness (QED) is 0.106. The zero-order valence-corrected chi connectivity index (χ0v) is 20.4. The molecule has 5 N–H and O–H groups in total. The second-order valence-electron chi connectivity index (χ2n) is 8.07. The minimum Gasteiger partial charge on any atom is -0.396 e. The molecule has 2 aromatic rings. The van der Waals surface area contributed by atoms with Gasteiger partial charge in [-0.1, -0.05) is 24.0 Å². The topological polar surface area (TPSA) is 148 Å². The third-order valence-corrected chi connectivity index (χ3v) is 5.69. The average Bonchev–Trinajstić information content (AvgIpc) is 2.92. The predicted molar refractivity (Wildman–Crippen MR) is 131 cm³/mol. The lowest BCUT2D eigenvalue weighted by atomic mass is 9.96. The van der Waals surface area contributed by atoms with Gasteiger partial charge in [0, 0.05) is 44.0 Å². The highest BCUT2D eigenvalue weighted by Crippen LogP contribution is 2.18. The Hall–Kier alpha value is -3.75. The highest BCUT2D eigenvalue weighted by atomic mass is 16.5. The highest BCUT2D eigenvalue weighted by molar-refractivity contribution is 6.12. The summed E-state index contributed by atoms with van der Waals surface area (Å²) >= 11 is 0. The van der Waals surface area contributed by atoms with Gasteiger partial charge in [-0.05, 0) is 55.3 Å². The van der Waals surface area contributed by atoms with Gasteiger partial charge in [0.1, 0.15) is 6.10 Å². The minimum atomic E-state index is -1.97. The van der Waals surface area contributed by atoms with Crippen molar-refractivity contribution in [3.8, 4) is 11.8 Å². The summed E-state index contributed by atoms with van der Waals surface area (Å²) in [5.74, 6) is 3.59. The summed E-state index contributed by atoms with van der Waals surface area (Å²) in [6, 6.07) is 13.4. The van der Waals surface area contributed by atoms with E-state index in [9.17, 15) is 19.5 Å². The second kappa shape index (κ2) is 13.4. The highest BCUT2D eigenvalue weighted by Gasteiger charge is 2.47. The van der Waals surface area contributed by atoms with Crippen LogP contribution in [-0.4, -0.2) is 77.5 Å². The van der Waals surface area contributed by atoms with Crippen LogP contribution in [0.4, 0.5) is 0 Å². The summed E-state index contributed by atoms with van der Waals surface area (Å²) in [5, 5.41) is 30.3. The van der Waals surface area contributed by atoms with Crippen LogP contribution >= 0.6 is 0 Å². The van der Waals surface area contributed by atoms with E-state index in [1.165, 1.54) is 38.6 Å². The molecule has 0 aliphatic heterocycles. The van der Waals surface area contributed by atoms with Gasteiger partial charge < -0.3 is 25.2 Å². The Morgan fingerprint density at radius 3 is 2.08 bits per heavy atom. The van der Waals surface area contributed by atoms with Crippen molar-refractivity contribution in [2.75, 3.05) is 33.9 Å². The van der Waals surface area contributed by atoms with Crippen molar-refractivity contribution >= 4 is 17.7 Å². The number of carbonyl (C=O) groups excluding carboxylic acids is 3. The van der Waals surface area contributed by atoms with Crippen LogP contribution in [0.1, 0.15) is 46.5 Å². The molecular formula is C26H31N3O7. The molecule has 0 aromatic heterocycles. The predicted octanol–water partition coefficient (Wildman–Crippen LogP) is 0.601. The molecule has 0 spiro atoms. The monoisotopic (exact) mass is 497 g/mol. The fourth-order valence-corrected chi connectivity index (χ4v) is 3.24. The van der Waals surface area contributed by atoms with E-state index in [4.69, 9.17) is 15.1 Å². The molecule has 10 heteroatoms. The van der Waals surface area contributed by atoms with E-state index in [1.54, 1.807) is 36.4 Å². The average molecular weight is 498 g/mol. The number of rotatable bonds is 10. The van der Waals surface area contributed by atoms with Gasteiger partial charge >= 0.3 is 0 Å². The lowest BCUT2D eigenvalue weighted by Gasteiger charge is -2.34. The molecule has 0 saturated heterocycles. The molecule has 0 unspecified atom stereocenters. The molecule has 3 amide bonds. The first-order chi connectivity index (χ1) is 17.2. The number of aliphatic hydroxyl groups excluding tert-OH is 2. The zero-order valence-electron chi connectivity index (χ0n) is 20.4. The van der Waals surface area contributed by atoms with Crippen molar-refractivity contribution in [2.24, 2.45) is 0 Å². The standard InChI is InChI=1S/C26H31N3O7/c1-26(24(33)27-2,25(34)28-35)29(3)23(32)21-13-9-19(10-14-21)6-5-18-7-11-20(12-8-18)22(31)17-36-16-4-15-30/h7-14,22,30-31,35H,4,15-17H2,1-3H3,(H,27,33)(H,28,34)/t22-,26+/m1/s1. The van der Waals surface area contributed by atoms with E-state index in [2.05, 4.69) is 17.2 Å². The summed E-state index contributed by atoms with van der Waals surface area (Å²) < 4.78 is 5.30. The molecule has 0 bridgehead atoms. The summed E-state index contributed by atoms with van der Waals surface area (Å²) in [6.07, 6.45) is -0.258. The normalized spacial score (nSPS) is 12.9. The fourth-order valence-electron chi connectivity index (χ4n) is 3.24. The van der Waals surface area contributed by atoms with Crippen molar-refractivity contribution in [2.45, 2.75) is 25.0 Å². The summed E-state index contributed by atoms with van der Waals surface area (Å²) in [6.45, 7) is 1.78. The number of ether oxygens (including phenoxy) is 1. The fraction of sp³-hybridized carbons (Fsp3) is 0.346. The van der Waals surface area contributed by atoms with E-state index < -0.39 is 29.4 Å². The van der Waals surface area contributed by atoms with E-state index in [0.717, 1.165) is 10.5 Å². The number of nitrogens with one attached hydrogen (secondary N) is 2. The van der Waals surface area contributed by atoms with Gasteiger partial charge in [0.2, 0.25) is 0 Å². The van der Waals surface area contributed by atoms with Gasteiger partial charge in [-0.15, -0.1) is 0 Å². The number of nitrogens with zero attached hydrogens (tertiary/aromatic N) is 1. The SMILES string of the molecule is CNC(=O)[C@@](C)(C(=O)NO)N(C)C(=O)c1ccc(C#Cc2ccc([C@H](O)COCCCO)cc2)cc1. The van der Waals surface area contributed by atoms with Gasteiger partial charge in [-0.25, -0.2) is 5.48 Å². The Labute approximate surface area is 209 Å². The first-order valence-corrected chi connectivity index (χ1v) is 11.2. The smallest absolute Gasteiger partial charge is 0.278 e. The molecule has 0 aliphatic rings. The minimum absolute atomic E-state index is 0.0417. The Bertz CT molecular complexity index is 1090. The van der Waals surface area contributed by atoms with Crippen LogP contribution in [0.25, 0.3) is 0 Å². The lowest BCUT2D eigenvalue weighted by molar-refractivity contribution is -0.148. The molecule has 2 aromatic carbocycles. The van der Waals surface area contributed by atoms with Crippen LogP contribution in [0.3, 0.4) is 0 Å². The Balaban J connectivity index is 2.09. The van der Waals surface area contributed by atoms with Crippen molar-refractivity contribution in [1.82, 2.24) is 15.7 Å². The molecule has 36 heavy (non-hydrogen) atoms. The number of hydrogen-bond acceptors (Lipinski definition) is 7. The maximum absolute atomic E-state index is 12.9. The van der Waals surface area contributed by atoms with Crippen molar-refractivity contribution in [3.05, 3.63) is 70.8 Å². The maximum Gasteiger partial charge on any atom is 0.278 e. The molecule has 0 heterocycles. The van der Waals surface area contributed by atoms with Gasteiger partial charge in [-0.3, -0.25) is 19.6 Å². The van der Waals surface area contributed by atoms with Gasteiger partial charge in [0.05, 0.1) is 6.61 Å². The third kappa shape index (κ3) is 6.90. The zero-order chi connectivity index (χ0) is 26.7. The molecule has 0 aliphatic carbocycles. The largest absolute Gasteiger partial charge is 0.396 e. The number of amides is 3. The number of carbonyl (C=O) groups is 3. The molecule has 0 saturated carbocycles. The number of benzene rings is 2. The first-order valence-electron chi connectivity index (χ1n) is 11.2. The molecule has 0 radical (unpaired) electrons. The van der Waals surface area contributed by atoms with Gasteiger partial charge in [0.25, 0.3) is 17.7 Å². The Morgan fingerprint density at radius 1 is 1.03 bits per heavy atom. The van der Waals surface area contributed by atoms with E-state index >= 15 is 0 Å². The lowest BCUT2D eigenvalue weighted by Crippen LogP contribution is -2.64. The second-order valence-corrected chi connectivity index (χ2v) is 8.07. The van der Waals surface area contributed by atoms with E-state index in [1.807, 2.05) is 0 Å². The molecule has 2 rings (SSSR count). The van der Waals surface area contributed by atoms with Crippen molar-refractivity contribution < 1.29 is 34.5 Å². The number of aliphatic hydroxyl groups is 2. The number of hydrogen-bond donors (Lipinski definition) is 5. The first kappa shape index (κ1) is 28.5. The van der Waals surface area contributed by atoms with Crippen LogP contribution in [0, 0.1) is 11.8 Å². The maximum atomic E-state index is 12.9. The third-order valence-electron chi connectivity index (χ3n) is 5.69. The van der Waals surface area contributed by atoms with Gasteiger partial charge in [0.15, 0.2) is 5.54 Å². The van der Waals surface area contributed by atoms with E-state index in [-0.39, 0.29) is 18.8 Å². The number of likely N-dealkylation sites (N-methyl/N-ethyl adjacent to an activating group) is 2. The van der Waals surface area contributed by atoms with Crippen LogP contribution in [0.5, 0.6) is 0 Å². The molecule has 0 fully saturated rings. The Morgan fingerprint density at radius 2 is 1.58 bits per heavy atom. The van der Waals surface area contributed by atoms with Crippen molar-refractivity contribution in [3.63, 3.8) is 0 Å². The summed E-state index contributed by atoms with van der Waals surface area (Å²) in [5.41, 5.74) is 1.74. The number of hydroxylamine groups is 1. The molecule has 10 nitrogen and oxygen atoms in total. The van der Waals surface area contributed by atoms with E-state index in [0.29, 0.717) is 24.2 Å². The molecule has 192 valence electrons. The van der Waals surface area contributed by atoms with Crippen LogP contribution in [0.2, 0.25) is 0 Å².